The van der Waals surface area contributed by atoms with Crippen LogP contribution in [-0.4, -0.2) is 68.1 Å². The number of benzene rings is 2. The van der Waals surface area contributed by atoms with Gasteiger partial charge in [0, 0.05) is 49.3 Å². The standard InChI is InChI=1S/C27H26ClF3N4O4S.C2H5NO/c1-18-23(26(37)35(25(18)36)21-8-5-19(17-32)24(16-21)27(29,30)31)4-2-3-11-33-12-14-34(15-13-33)40(38,39)22-9-6-20(28)7-10-22;1-2(3)4/h5-10,16H,2-4,11-15H2,1H3;1H3,(H2,3,4). The van der Waals surface area contributed by atoms with E-state index in [4.69, 9.17) is 16.9 Å². The van der Waals surface area contributed by atoms with Gasteiger partial charge in [0.15, 0.2) is 0 Å². The number of carbonyl (C=O) groups excluding carboxylic acids is 3. The fourth-order valence-electron chi connectivity index (χ4n) is 4.80. The van der Waals surface area contributed by atoms with E-state index in [1.165, 1.54) is 48.5 Å². The highest BCUT2D eigenvalue weighted by molar-refractivity contribution is 7.89. The number of hydrogen-bond acceptors (Lipinski definition) is 7. The molecular weight excluding hydrogens is 623 g/mol. The molecule has 44 heavy (non-hydrogen) atoms. The summed E-state index contributed by atoms with van der Waals surface area (Å²) in [6.07, 6.45) is -3.30. The number of amides is 3. The molecule has 2 aliphatic rings. The van der Waals surface area contributed by atoms with Crippen molar-refractivity contribution in [2.75, 3.05) is 37.6 Å². The molecule has 3 amide bonds. The van der Waals surface area contributed by atoms with Crippen LogP contribution in [-0.2, 0) is 30.6 Å². The molecule has 236 valence electrons. The SMILES string of the molecule is CC(N)=O.CC1=C(CCCCN2CCN(S(=O)(=O)c3ccc(Cl)cc3)CC2)C(=O)N(c2ccc(C#N)c(C(F)(F)F)c2)C1=O. The van der Waals surface area contributed by atoms with Crippen LogP contribution in [0.1, 0.15) is 44.2 Å². The van der Waals surface area contributed by atoms with E-state index in [0.29, 0.717) is 56.7 Å². The van der Waals surface area contributed by atoms with E-state index in [0.717, 1.165) is 17.0 Å². The third-order valence-electron chi connectivity index (χ3n) is 7.06. The van der Waals surface area contributed by atoms with Crippen molar-refractivity contribution in [1.82, 2.24) is 9.21 Å². The Balaban J connectivity index is 0.00000124. The molecule has 2 aromatic rings. The lowest BCUT2D eigenvalue weighted by molar-refractivity contribution is -0.138. The summed E-state index contributed by atoms with van der Waals surface area (Å²) in [7, 11) is -3.61. The largest absolute Gasteiger partial charge is 0.417 e. The van der Waals surface area contributed by atoms with Crippen molar-refractivity contribution in [3.05, 3.63) is 69.8 Å². The molecule has 1 fully saturated rings. The number of rotatable bonds is 8. The maximum Gasteiger partial charge on any atom is 0.417 e. The molecular formula is C29H31ClF3N5O5S. The molecule has 0 unspecified atom stereocenters. The third-order valence-corrected chi connectivity index (χ3v) is 9.22. The normalized spacial score (nSPS) is 16.5. The van der Waals surface area contributed by atoms with Crippen molar-refractivity contribution in [2.45, 2.75) is 44.2 Å². The molecule has 0 aliphatic carbocycles. The van der Waals surface area contributed by atoms with Gasteiger partial charge in [0.1, 0.15) is 0 Å². The van der Waals surface area contributed by atoms with Crippen molar-refractivity contribution < 1.29 is 36.0 Å². The minimum absolute atomic E-state index is 0.184. The first-order chi connectivity index (χ1) is 20.6. The number of nitriles is 1. The van der Waals surface area contributed by atoms with Crippen molar-refractivity contribution in [3.8, 4) is 6.07 Å². The van der Waals surface area contributed by atoms with Crippen LogP contribution in [0.2, 0.25) is 5.02 Å². The van der Waals surface area contributed by atoms with Gasteiger partial charge in [-0.25, -0.2) is 13.3 Å². The number of piperazine rings is 1. The average molecular weight is 654 g/mol. The Hall–Kier alpha value is -3.77. The number of anilines is 1. The highest BCUT2D eigenvalue weighted by Crippen LogP contribution is 2.37. The molecule has 1 saturated heterocycles. The molecule has 0 spiro atoms. The van der Waals surface area contributed by atoms with Crippen LogP contribution in [0, 0.1) is 11.3 Å². The Morgan fingerprint density at radius 2 is 1.61 bits per heavy atom. The van der Waals surface area contributed by atoms with E-state index < -0.39 is 39.1 Å². The highest BCUT2D eigenvalue weighted by atomic mass is 35.5. The summed E-state index contributed by atoms with van der Waals surface area (Å²) in [5.74, 6) is -1.68. The molecule has 0 radical (unpaired) electrons. The quantitative estimate of drug-likeness (QED) is 0.334. The molecule has 15 heteroatoms. The Labute approximate surface area is 258 Å². The van der Waals surface area contributed by atoms with Crippen LogP contribution in [0.3, 0.4) is 0 Å². The summed E-state index contributed by atoms with van der Waals surface area (Å²) in [5, 5.41) is 9.46. The third kappa shape index (κ3) is 8.23. The molecule has 10 nitrogen and oxygen atoms in total. The number of nitrogens with zero attached hydrogens (tertiary/aromatic N) is 4. The molecule has 4 rings (SSSR count). The van der Waals surface area contributed by atoms with E-state index in [1.807, 2.05) is 0 Å². The van der Waals surface area contributed by atoms with Crippen LogP contribution in [0.15, 0.2) is 58.5 Å². The lowest BCUT2D eigenvalue weighted by Gasteiger charge is -2.34. The Bertz CT molecular complexity index is 1590. The number of imide groups is 1. The summed E-state index contributed by atoms with van der Waals surface area (Å²) < 4.78 is 67.3. The Morgan fingerprint density at radius 3 is 2.16 bits per heavy atom. The second kappa shape index (κ2) is 14.3. The van der Waals surface area contributed by atoms with Gasteiger partial charge in [-0.2, -0.15) is 22.7 Å². The number of carbonyl (C=O) groups is 3. The van der Waals surface area contributed by atoms with Crippen molar-refractivity contribution in [2.24, 2.45) is 5.73 Å². The average Bonchev–Trinajstić information content (AvgIpc) is 3.17. The van der Waals surface area contributed by atoms with Crippen molar-refractivity contribution >= 4 is 45.0 Å². The van der Waals surface area contributed by atoms with E-state index in [2.05, 4.69) is 10.6 Å². The fraction of sp³-hybridized carbons (Fsp3) is 0.379. The monoisotopic (exact) mass is 653 g/mol. The summed E-state index contributed by atoms with van der Waals surface area (Å²) in [5.41, 5.74) is 2.87. The first-order valence-corrected chi connectivity index (χ1v) is 15.3. The zero-order valence-electron chi connectivity index (χ0n) is 24.0. The molecule has 0 aromatic heterocycles. The maximum absolute atomic E-state index is 13.4. The fourth-order valence-corrected chi connectivity index (χ4v) is 6.35. The molecule has 2 aromatic carbocycles. The van der Waals surface area contributed by atoms with E-state index in [1.54, 1.807) is 0 Å². The van der Waals surface area contributed by atoms with Crippen molar-refractivity contribution in [3.63, 3.8) is 0 Å². The summed E-state index contributed by atoms with van der Waals surface area (Å²) in [6, 6.07) is 10.3. The van der Waals surface area contributed by atoms with E-state index in [9.17, 15) is 36.0 Å². The van der Waals surface area contributed by atoms with Gasteiger partial charge in [-0.05, 0) is 75.2 Å². The number of hydrogen-bond donors (Lipinski definition) is 1. The summed E-state index contributed by atoms with van der Waals surface area (Å²) in [6.45, 7) is 5.20. The van der Waals surface area contributed by atoms with Gasteiger partial charge in [0.2, 0.25) is 15.9 Å². The summed E-state index contributed by atoms with van der Waals surface area (Å²) in [4.78, 5) is 38.1. The van der Waals surface area contributed by atoms with Gasteiger partial charge in [0.25, 0.3) is 11.8 Å². The van der Waals surface area contributed by atoms with Crippen LogP contribution in [0.4, 0.5) is 18.9 Å². The van der Waals surface area contributed by atoms with Gasteiger partial charge in [-0.3, -0.25) is 14.4 Å². The number of unbranched alkanes of at least 4 members (excludes halogenated alkanes) is 1. The summed E-state index contributed by atoms with van der Waals surface area (Å²) >= 11 is 5.86. The number of nitrogens with two attached hydrogens (primary N) is 1. The Morgan fingerprint density at radius 1 is 1.02 bits per heavy atom. The number of primary amides is 1. The van der Waals surface area contributed by atoms with Gasteiger partial charge in [-0.1, -0.05) is 11.6 Å². The second-order valence-electron chi connectivity index (χ2n) is 10.2. The lowest BCUT2D eigenvalue weighted by Crippen LogP contribution is -2.48. The molecule has 2 heterocycles. The topological polar surface area (TPSA) is 145 Å². The van der Waals surface area contributed by atoms with Gasteiger partial charge < -0.3 is 10.6 Å². The van der Waals surface area contributed by atoms with Gasteiger partial charge >= 0.3 is 6.18 Å². The highest BCUT2D eigenvalue weighted by Gasteiger charge is 2.39. The maximum atomic E-state index is 13.4. The predicted octanol–water partition coefficient (Wildman–Crippen LogP) is 4.09. The zero-order chi connectivity index (χ0) is 32.8. The van der Waals surface area contributed by atoms with Crippen LogP contribution in [0.25, 0.3) is 0 Å². The van der Waals surface area contributed by atoms with Gasteiger partial charge in [0.05, 0.1) is 27.8 Å². The molecule has 2 aliphatic heterocycles. The number of sulfonamides is 1. The van der Waals surface area contributed by atoms with Crippen LogP contribution >= 0.6 is 11.6 Å². The second-order valence-corrected chi connectivity index (χ2v) is 12.5. The predicted molar refractivity (Wildman–Crippen MR) is 157 cm³/mol. The smallest absolute Gasteiger partial charge is 0.370 e. The Kier molecular flexibility index (Phi) is 11.3. The molecule has 0 bridgehead atoms. The lowest BCUT2D eigenvalue weighted by atomic mass is 10.0. The van der Waals surface area contributed by atoms with Gasteiger partial charge in [-0.15, -0.1) is 0 Å². The zero-order valence-corrected chi connectivity index (χ0v) is 25.6. The minimum Gasteiger partial charge on any atom is -0.370 e. The molecule has 0 atom stereocenters. The molecule has 0 saturated carbocycles. The first-order valence-electron chi connectivity index (χ1n) is 13.5. The minimum atomic E-state index is -4.82. The first kappa shape index (κ1) is 34.7. The van der Waals surface area contributed by atoms with E-state index >= 15 is 0 Å². The van der Waals surface area contributed by atoms with Crippen LogP contribution < -0.4 is 10.6 Å². The van der Waals surface area contributed by atoms with E-state index in [-0.39, 0.29) is 34.1 Å². The molecule has 2 N–H and O–H groups in total. The van der Waals surface area contributed by atoms with Crippen LogP contribution in [0.5, 0.6) is 0 Å². The number of alkyl halides is 3. The van der Waals surface area contributed by atoms with Crippen molar-refractivity contribution in [1.29, 1.82) is 5.26 Å². The number of halogens is 4.